The summed E-state index contributed by atoms with van der Waals surface area (Å²) in [5, 5.41) is 10.9. The molecule has 1 aliphatic rings. The summed E-state index contributed by atoms with van der Waals surface area (Å²) in [6, 6.07) is 4.84. The molecule has 1 saturated heterocycles. The Balaban J connectivity index is 1.85. The topological polar surface area (TPSA) is 69.7 Å². The summed E-state index contributed by atoms with van der Waals surface area (Å²) < 4.78 is 0. The van der Waals surface area contributed by atoms with Gasteiger partial charge in [-0.15, -0.1) is 5.10 Å². The van der Waals surface area contributed by atoms with Crippen molar-refractivity contribution in [3.05, 3.63) is 23.9 Å². The van der Waals surface area contributed by atoms with E-state index in [9.17, 15) is 0 Å². The first-order valence-corrected chi connectivity index (χ1v) is 6.99. The number of pyridine rings is 1. The number of hydrogen-bond acceptors (Lipinski definition) is 5. The smallest absolute Gasteiger partial charge is 0.245 e. The van der Waals surface area contributed by atoms with Crippen LogP contribution < -0.4 is 10.2 Å². The van der Waals surface area contributed by atoms with Crippen LogP contribution in [0.5, 0.6) is 0 Å². The molecule has 20 heavy (non-hydrogen) atoms. The summed E-state index contributed by atoms with van der Waals surface area (Å²) in [6.07, 6.45) is 1.78. The molecule has 2 aromatic heterocycles. The summed E-state index contributed by atoms with van der Waals surface area (Å²) in [7, 11) is 0. The Labute approximate surface area is 118 Å². The van der Waals surface area contributed by atoms with E-state index >= 15 is 0 Å². The average molecular weight is 272 g/mol. The van der Waals surface area contributed by atoms with Crippen molar-refractivity contribution < 1.29 is 0 Å². The second-order valence-corrected chi connectivity index (χ2v) is 5.53. The summed E-state index contributed by atoms with van der Waals surface area (Å²) in [5.41, 5.74) is 1.96. The van der Waals surface area contributed by atoms with Crippen LogP contribution in [0.25, 0.3) is 11.5 Å². The number of hydrogen-bond donors (Lipinski definition) is 2. The van der Waals surface area contributed by atoms with Crippen molar-refractivity contribution in [3.8, 4) is 11.5 Å². The minimum Gasteiger partial charge on any atom is -0.336 e. The van der Waals surface area contributed by atoms with E-state index in [1.807, 2.05) is 19.1 Å². The molecule has 0 radical (unpaired) electrons. The number of aryl methyl sites for hydroxylation is 1. The summed E-state index contributed by atoms with van der Waals surface area (Å²) in [6.45, 7) is 8.23. The van der Waals surface area contributed by atoms with Gasteiger partial charge >= 0.3 is 0 Å². The quantitative estimate of drug-likeness (QED) is 0.864. The van der Waals surface area contributed by atoms with Crippen molar-refractivity contribution in [3.63, 3.8) is 0 Å². The lowest BCUT2D eigenvalue weighted by atomic mass is 10.1. The monoisotopic (exact) mass is 272 g/mol. The predicted molar refractivity (Wildman–Crippen MR) is 78.6 cm³/mol. The molecule has 6 nitrogen and oxygen atoms in total. The Kier molecular flexibility index (Phi) is 3.40. The molecule has 0 bridgehead atoms. The van der Waals surface area contributed by atoms with Crippen LogP contribution in [0.15, 0.2) is 18.3 Å². The van der Waals surface area contributed by atoms with E-state index in [-0.39, 0.29) is 0 Å². The third-order valence-corrected chi connectivity index (χ3v) is 3.55. The number of piperazine rings is 1. The van der Waals surface area contributed by atoms with Crippen molar-refractivity contribution >= 4 is 5.95 Å². The Bertz CT molecular complexity index is 583. The fourth-order valence-corrected chi connectivity index (χ4v) is 2.72. The van der Waals surface area contributed by atoms with E-state index in [0.29, 0.717) is 12.1 Å². The van der Waals surface area contributed by atoms with Crippen LogP contribution in [0.4, 0.5) is 5.95 Å². The van der Waals surface area contributed by atoms with Crippen molar-refractivity contribution in [1.82, 2.24) is 25.5 Å². The maximum absolute atomic E-state index is 4.60. The van der Waals surface area contributed by atoms with Gasteiger partial charge in [0.1, 0.15) is 5.69 Å². The molecule has 0 amide bonds. The molecule has 3 rings (SSSR count). The van der Waals surface area contributed by atoms with Gasteiger partial charge < -0.3 is 10.2 Å². The maximum Gasteiger partial charge on any atom is 0.245 e. The zero-order valence-electron chi connectivity index (χ0n) is 12.1. The lowest BCUT2D eigenvalue weighted by Gasteiger charge is -2.35. The minimum atomic E-state index is 0.442. The molecule has 1 aliphatic heterocycles. The molecule has 2 atom stereocenters. The highest BCUT2D eigenvalue weighted by Gasteiger charge is 2.24. The third kappa shape index (κ3) is 2.51. The summed E-state index contributed by atoms with van der Waals surface area (Å²) >= 11 is 0. The number of nitrogens with one attached hydrogen (secondary N) is 2. The highest BCUT2D eigenvalue weighted by Crippen LogP contribution is 2.19. The number of nitrogens with zero attached hydrogens (tertiary/aromatic N) is 4. The van der Waals surface area contributed by atoms with Crippen LogP contribution >= 0.6 is 0 Å². The molecular formula is C14H20N6. The van der Waals surface area contributed by atoms with Crippen LogP contribution in [0.2, 0.25) is 0 Å². The van der Waals surface area contributed by atoms with E-state index in [1.54, 1.807) is 6.20 Å². The fourth-order valence-electron chi connectivity index (χ4n) is 2.72. The van der Waals surface area contributed by atoms with Crippen LogP contribution in [-0.2, 0) is 0 Å². The number of aromatic nitrogens is 4. The SMILES string of the molecule is Cc1cccnc1-c1nc(N2CC(C)NC(C)C2)n[nH]1. The molecule has 0 aromatic carbocycles. The molecule has 2 aromatic rings. The van der Waals surface area contributed by atoms with E-state index < -0.39 is 0 Å². The zero-order chi connectivity index (χ0) is 14.1. The standard InChI is InChI=1S/C14H20N6/c1-9-5-4-6-15-12(9)13-17-14(19-18-13)20-7-10(2)16-11(3)8-20/h4-6,10-11,16H,7-8H2,1-3H3,(H,17,18,19). The summed E-state index contributed by atoms with van der Waals surface area (Å²) in [5.74, 6) is 1.49. The lowest BCUT2D eigenvalue weighted by Crippen LogP contribution is -2.54. The van der Waals surface area contributed by atoms with Gasteiger partial charge in [-0.2, -0.15) is 4.98 Å². The lowest BCUT2D eigenvalue weighted by molar-refractivity contribution is 0.403. The molecule has 0 spiro atoms. The molecule has 1 fully saturated rings. The number of anilines is 1. The highest BCUT2D eigenvalue weighted by molar-refractivity contribution is 5.55. The van der Waals surface area contributed by atoms with Crippen LogP contribution in [0, 0.1) is 6.92 Å². The summed E-state index contributed by atoms with van der Waals surface area (Å²) in [4.78, 5) is 11.2. The van der Waals surface area contributed by atoms with Crippen molar-refractivity contribution in [1.29, 1.82) is 0 Å². The van der Waals surface area contributed by atoms with Crippen LogP contribution in [-0.4, -0.2) is 45.3 Å². The molecule has 6 heteroatoms. The fraction of sp³-hybridized carbons (Fsp3) is 0.500. The molecule has 0 aliphatic carbocycles. The number of aromatic amines is 1. The number of H-pyrrole nitrogens is 1. The van der Waals surface area contributed by atoms with Gasteiger partial charge in [0.25, 0.3) is 0 Å². The Morgan fingerprint density at radius 1 is 1.25 bits per heavy atom. The van der Waals surface area contributed by atoms with Gasteiger partial charge in [0.15, 0.2) is 5.82 Å². The van der Waals surface area contributed by atoms with E-state index in [4.69, 9.17) is 0 Å². The highest BCUT2D eigenvalue weighted by atomic mass is 15.4. The zero-order valence-corrected chi connectivity index (χ0v) is 12.1. The van der Waals surface area contributed by atoms with E-state index in [0.717, 1.165) is 36.1 Å². The first kappa shape index (κ1) is 13.1. The molecular weight excluding hydrogens is 252 g/mol. The van der Waals surface area contributed by atoms with Gasteiger partial charge in [0, 0.05) is 31.4 Å². The van der Waals surface area contributed by atoms with Crippen molar-refractivity contribution in [2.75, 3.05) is 18.0 Å². The van der Waals surface area contributed by atoms with Gasteiger partial charge in [-0.1, -0.05) is 6.07 Å². The molecule has 2 N–H and O–H groups in total. The van der Waals surface area contributed by atoms with Crippen LogP contribution in [0.3, 0.4) is 0 Å². The third-order valence-electron chi connectivity index (χ3n) is 3.55. The first-order chi connectivity index (χ1) is 9.63. The largest absolute Gasteiger partial charge is 0.336 e. The Hall–Kier alpha value is -1.95. The van der Waals surface area contributed by atoms with Crippen molar-refractivity contribution in [2.45, 2.75) is 32.9 Å². The van der Waals surface area contributed by atoms with Gasteiger partial charge in [-0.25, -0.2) is 0 Å². The van der Waals surface area contributed by atoms with E-state index in [1.165, 1.54) is 0 Å². The Morgan fingerprint density at radius 2 is 2.00 bits per heavy atom. The van der Waals surface area contributed by atoms with E-state index in [2.05, 4.69) is 44.2 Å². The van der Waals surface area contributed by atoms with Gasteiger partial charge in [0.2, 0.25) is 5.95 Å². The van der Waals surface area contributed by atoms with Gasteiger partial charge in [0.05, 0.1) is 0 Å². The first-order valence-electron chi connectivity index (χ1n) is 6.99. The van der Waals surface area contributed by atoms with Gasteiger partial charge in [-0.05, 0) is 32.4 Å². The molecule has 0 saturated carbocycles. The normalized spacial score (nSPS) is 23.1. The Morgan fingerprint density at radius 3 is 2.70 bits per heavy atom. The molecule has 106 valence electrons. The maximum atomic E-state index is 4.60. The van der Waals surface area contributed by atoms with Crippen LogP contribution in [0.1, 0.15) is 19.4 Å². The second kappa shape index (κ2) is 5.20. The van der Waals surface area contributed by atoms with Crippen molar-refractivity contribution in [2.24, 2.45) is 0 Å². The molecule has 2 unspecified atom stereocenters. The second-order valence-electron chi connectivity index (χ2n) is 5.53. The minimum absolute atomic E-state index is 0.442. The average Bonchev–Trinajstić information content (AvgIpc) is 2.87. The van der Waals surface area contributed by atoms with Gasteiger partial charge in [-0.3, -0.25) is 10.1 Å². The predicted octanol–water partition coefficient (Wildman–Crippen LogP) is 1.36. The number of rotatable bonds is 2. The molecule has 3 heterocycles.